The van der Waals surface area contributed by atoms with Gasteiger partial charge in [0.1, 0.15) is 24.1 Å². The topological polar surface area (TPSA) is 73.8 Å². The molecule has 2 fully saturated rings. The lowest BCUT2D eigenvalue weighted by Gasteiger charge is -2.41. The summed E-state index contributed by atoms with van der Waals surface area (Å²) in [6.07, 6.45) is 0.695. The van der Waals surface area contributed by atoms with Gasteiger partial charge in [-0.3, -0.25) is 4.90 Å². The highest BCUT2D eigenvalue weighted by Gasteiger charge is 2.34. The van der Waals surface area contributed by atoms with Crippen molar-refractivity contribution in [1.29, 1.82) is 0 Å². The molecule has 1 saturated carbocycles. The van der Waals surface area contributed by atoms with Crippen LogP contribution >= 0.6 is 0 Å². The zero-order valence-corrected chi connectivity index (χ0v) is 20.5. The van der Waals surface area contributed by atoms with E-state index in [-0.39, 0.29) is 11.7 Å². The summed E-state index contributed by atoms with van der Waals surface area (Å²) < 4.78 is 41.8. The standard InChI is InChI=1S/C26H34F3N5O2/c1-17-2-9-22-23(17)24(32-16-31-22)33-10-12-34(13-11-33)25(35)21(15-30-14-18-3-4-18)19-5-7-20(8-6-19)36-26(27,28)29/h5-8,16-18,21,25,30,35H,2-4,9-15H2,1H3/t17-,21-,25?/m1/s1. The van der Waals surface area contributed by atoms with Crippen molar-refractivity contribution >= 4 is 5.82 Å². The number of anilines is 1. The van der Waals surface area contributed by atoms with Crippen LogP contribution in [0, 0.1) is 5.92 Å². The predicted molar refractivity (Wildman–Crippen MR) is 130 cm³/mol. The first-order valence-electron chi connectivity index (χ1n) is 12.9. The van der Waals surface area contributed by atoms with Gasteiger partial charge in [0, 0.05) is 49.9 Å². The number of fused-ring (bicyclic) bond motifs is 1. The molecule has 196 valence electrons. The lowest BCUT2D eigenvalue weighted by Crippen LogP contribution is -2.53. The van der Waals surface area contributed by atoms with Crippen LogP contribution < -0.4 is 15.0 Å². The molecule has 2 N–H and O–H groups in total. The summed E-state index contributed by atoms with van der Waals surface area (Å²) in [5.74, 6) is 1.61. The Bertz CT molecular complexity index is 1020. The van der Waals surface area contributed by atoms with Gasteiger partial charge in [0.2, 0.25) is 0 Å². The Morgan fingerprint density at radius 2 is 1.81 bits per heavy atom. The summed E-state index contributed by atoms with van der Waals surface area (Å²) in [6.45, 7) is 6.49. The van der Waals surface area contributed by atoms with E-state index in [4.69, 9.17) is 0 Å². The number of piperazine rings is 1. The van der Waals surface area contributed by atoms with Crippen LogP contribution in [0.15, 0.2) is 30.6 Å². The monoisotopic (exact) mass is 505 g/mol. The van der Waals surface area contributed by atoms with Crippen LogP contribution in [0.1, 0.15) is 54.8 Å². The molecular weight excluding hydrogens is 471 g/mol. The van der Waals surface area contributed by atoms with E-state index in [9.17, 15) is 18.3 Å². The number of aliphatic hydroxyl groups excluding tert-OH is 1. The average Bonchev–Trinajstić information content (AvgIpc) is 3.61. The molecule has 2 heterocycles. The van der Waals surface area contributed by atoms with Crippen molar-refractivity contribution in [3.63, 3.8) is 0 Å². The molecule has 7 nitrogen and oxygen atoms in total. The molecule has 5 rings (SSSR count). The summed E-state index contributed by atoms with van der Waals surface area (Å²) in [4.78, 5) is 13.4. The van der Waals surface area contributed by atoms with E-state index < -0.39 is 12.6 Å². The number of benzene rings is 1. The zero-order chi connectivity index (χ0) is 25.3. The van der Waals surface area contributed by atoms with E-state index in [0.29, 0.717) is 31.5 Å². The van der Waals surface area contributed by atoms with Gasteiger partial charge in [-0.1, -0.05) is 19.1 Å². The van der Waals surface area contributed by atoms with Crippen LogP contribution in [-0.4, -0.2) is 71.8 Å². The second kappa shape index (κ2) is 10.5. The number of nitrogens with one attached hydrogen (secondary N) is 1. The number of hydrogen-bond acceptors (Lipinski definition) is 7. The van der Waals surface area contributed by atoms with E-state index in [2.05, 4.69) is 36.7 Å². The minimum atomic E-state index is -4.73. The quantitative estimate of drug-likeness (QED) is 0.539. The minimum Gasteiger partial charge on any atom is -0.406 e. The molecule has 2 aliphatic carbocycles. The number of alkyl halides is 3. The van der Waals surface area contributed by atoms with Gasteiger partial charge in [0.15, 0.2) is 0 Å². The fourth-order valence-electron chi connectivity index (χ4n) is 5.40. The summed E-state index contributed by atoms with van der Waals surface area (Å²) in [5.41, 5.74) is 3.19. The number of hydrogen-bond donors (Lipinski definition) is 2. The third-order valence-electron chi connectivity index (χ3n) is 7.64. The third-order valence-corrected chi connectivity index (χ3v) is 7.64. The molecule has 1 aromatic heterocycles. The first-order valence-corrected chi connectivity index (χ1v) is 12.9. The van der Waals surface area contributed by atoms with Gasteiger partial charge < -0.3 is 20.1 Å². The summed E-state index contributed by atoms with van der Waals surface area (Å²) in [5, 5.41) is 14.9. The highest BCUT2D eigenvalue weighted by molar-refractivity contribution is 5.52. The number of aromatic nitrogens is 2. The fourth-order valence-corrected chi connectivity index (χ4v) is 5.40. The fraction of sp³-hybridized carbons (Fsp3) is 0.615. The molecular formula is C26H34F3N5O2. The van der Waals surface area contributed by atoms with E-state index in [0.717, 1.165) is 49.6 Å². The minimum absolute atomic E-state index is 0.259. The maximum Gasteiger partial charge on any atom is 0.573 e. The van der Waals surface area contributed by atoms with Crippen LogP contribution in [-0.2, 0) is 6.42 Å². The maximum atomic E-state index is 12.6. The smallest absolute Gasteiger partial charge is 0.406 e. The Morgan fingerprint density at radius 3 is 2.47 bits per heavy atom. The molecule has 1 saturated heterocycles. The molecule has 3 aliphatic rings. The molecule has 3 atom stereocenters. The van der Waals surface area contributed by atoms with Gasteiger partial charge in [0.25, 0.3) is 0 Å². The number of rotatable bonds is 9. The normalized spacial score (nSPS) is 22.4. The summed E-state index contributed by atoms with van der Waals surface area (Å²) >= 11 is 0. The van der Waals surface area contributed by atoms with Gasteiger partial charge in [0.05, 0.1) is 0 Å². The SMILES string of the molecule is C[C@@H]1CCc2ncnc(N3CCN(C(O)[C@H](CNCC4CC4)c4ccc(OC(F)(F)F)cc4)CC3)c21. The maximum absolute atomic E-state index is 12.6. The van der Waals surface area contributed by atoms with Crippen molar-refractivity contribution in [2.75, 3.05) is 44.2 Å². The van der Waals surface area contributed by atoms with Crippen LogP contribution in [0.4, 0.5) is 19.0 Å². The number of ether oxygens (including phenoxy) is 1. The molecule has 36 heavy (non-hydrogen) atoms. The summed E-state index contributed by atoms with van der Waals surface area (Å²) in [6, 6.07) is 5.88. The number of aliphatic hydroxyl groups is 1. The molecule has 0 spiro atoms. The van der Waals surface area contributed by atoms with Crippen molar-refractivity contribution in [2.24, 2.45) is 5.92 Å². The highest BCUT2D eigenvalue weighted by Crippen LogP contribution is 2.37. The second-order valence-electron chi connectivity index (χ2n) is 10.3. The first kappa shape index (κ1) is 25.2. The zero-order valence-electron chi connectivity index (χ0n) is 20.5. The van der Waals surface area contributed by atoms with Crippen LogP contribution in [0.5, 0.6) is 5.75 Å². The molecule has 0 radical (unpaired) electrons. The molecule has 2 aromatic rings. The van der Waals surface area contributed by atoms with Crippen LogP contribution in [0.3, 0.4) is 0 Å². The van der Waals surface area contributed by atoms with Gasteiger partial charge in [-0.2, -0.15) is 0 Å². The van der Waals surface area contributed by atoms with Crippen LogP contribution in [0.25, 0.3) is 0 Å². The van der Waals surface area contributed by atoms with Crippen molar-refractivity contribution < 1.29 is 23.0 Å². The predicted octanol–water partition coefficient (Wildman–Crippen LogP) is 3.65. The molecule has 0 amide bonds. The molecule has 1 unspecified atom stereocenters. The highest BCUT2D eigenvalue weighted by atomic mass is 19.4. The van der Waals surface area contributed by atoms with E-state index in [1.54, 1.807) is 18.5 Å². The van der Waals surface area contributed by atoms with Crippen molar-refractivity contribution in [1.82, 2.24) is 20.2 Å². The van der Waals surface area contributed by atoms with Gasteiger partial charge in [-0.15, -0.1) is 13.2 Å². The first-order chi connectivity index (χ1) is 17.3. The van der Waals surface area contributed by atoms with Gasteiger partial charge in [-0.25, -0.2) is 9.97 Å². The Labute approximate surface area is 209 Å². The molecule has 1 aliphatic heterocycles. The molecule has 0 bridgehead atoms. The lowest BCUT2D eigenvalue weighted by atomic mass is 9.95. The lowest BCUT2D eigenvalue weighted by molar-refractivity contribution is -0.274. The van der Waals surface area contributed by atoms with Crippen molar-refractivity contribution in [2.45, 2.75) is 57.0 Å². The average molecular weight is 506 g/mol. The Balaban J connectivity index is 1.26. The number of nitrogens with zero attached hydrogens (tertiary/aromatic N) is 4. The Hall–Kier alpha value is -2.43. The van der Waals surface area contributed by atoms with Crippen molar-refractivity contribution in [3.05, 3.63) is 47.4 Å². The van der Waals surface area contributed by atoms with Crippen molar-refractivity contribution in [3.8, 4) is 5.75 Å². The van der Waals surface area contributed by atoms with E-state index in [1.807, 2.05) is 0 Å². The number of halogens is 3. The summed E-state index contributed by atoms with van der Waals surface area (Å²) in [7, 11) is 0. The third kappa shape index (κ3) is 5.92. The molecule has 10 heteroatoms. The van der Waals surface area contributed by atoms with Gasteiger partial charge in [-0.05, 0) is 61.8 Å². The molecule has 1 aromatic carbocycles. The Morgan fingerprint density at radius 1 is 1.08 bits per heavy atom. The van der Waals surface area contributed by atoms with Crippen LogP contribution in [0.2, 0.25) is 0 Å². The number of aryl methyl sites for hydroxylation is 1. The Kier molecular flexibility index (Phi) is 7.37. The van der Waals surface area contributed by atoms with E-state index >= 15 is 0 Å². The second-order valence-corrected chi connectivity index (χ2v) is 10.3. The van der Waals surface area contributed by atoms with Gasteiger partial charge >= 0.3 is 6.36 Å². The largest absolute Gasteiger partial charge is 0.573 e. The van der Waals surface area contributed by atoms with E-state index in [1.165, 1.54) is 30.5 Å².